The molecule has 0 aromatic heterocycles. The lowest BCUT2D eigenvalue weighted by molar-refractivity contribution is -0.132. The fourth-order valence-corrected chi connectivity index (χ4v) is 4.35. The molecule has 37 heavy (non-hydrogen) atoms. The number of aliphatic hydroxyl groups excluding tert-OH is 1. The number of ketones is 1. The average molecular weight is 502 g/mol. The smallest absolute Gasteiger partial charge is 0.300 e. The Morgan fingerprint density at radius 1 is 0.919 bits per heavy atom. The zero-order chi connectivity index (χ0) is 26.7. The van der Waals surface area contributed by atoms with Crippen molar-refractivity contribution in [3.8, 4) is 17.2 Å². The highest BCUT2D eigenvalue weighted by Gasteiger charge is 2.47. The molecule has 1 N–H and O–H groups in total. The zero-order valence-corrected chi connectivity index (χ0v) is 21.6. The second-order valence-corrected chi connectivity index (χ2v) is 9.32. The molecule has 1 amide bonds. The van der Waals surface area contributed by atoms with Gasteiger partial charge in [-0.2, -0.15) is 0 Å². The second kappa shape index (κ2) is 10.8. The molecule has 0 radical (unpaired) electrons. The predicted molar refractivity (Wildman–Crippen MR) is 142 cm³/mol. The van der Waals surface area contributed by atoms with Crippen molar-refractivity contribution in [1.82, 2.24) is 0 Å². The summed E-state index contributed by atoms with van der Waals surface area (Å²) in [7, 11) is 2.92. The van der Waals surface area contributed by atoms with Crippen molar-refractivity contribution >= 4 is 23.1 Å². The van der Waals surface area contributed by atoms with Gasteiger partial charge in [-0.1, -0.05) is 49.7 Å². The van der Waals surface area contributed by atoms with Gasteiger partial charge in [0.1, 0.15) is 28.6 Å². The highest BCUT2D eigenvalue weighted by Crippen LogP contribution is 2.45. The topological polar surface area (TPSA) is 85.3 Å². The van der Waals surface area contributed by atoms with E-state index in [1.165, 1.54) is 19.1 Å². The summed E-state index contributed by atoms with van der Waals surface area (Å²) in [5.41, 5.74) is 2.36. The van der Waals surface area contributed by atoms with Gasteiger partial charge in [-0.3, -0.25) is 14.5 Å². The van der Waals surface area contributed by atoms with Gasteiger partial charge in [0.25, 0.3) is 11.7 Å². The van der Waals surface area contributed by atoms with Crippen LogP contribution in [0.1, 0.15) is 36.6 Å². The monoisotopic (exact) mass is 501 g/mol. The molecule has 4 rings (SSSR count). The molecule has 7 heteroatoms. The molecule has 1 atom stereocenters. The molecule has 3 aromatic carbocycles. The SMILES string of the molecule is COc1cccc(OC)c1/C(O)=C1\C(=O)C(=O)N(c2ccc(C)cc2)C1c1ccc(OCC(C)C)cc1. The largest absolute Gasteiger partial charge is 0.506 e. The Balaban J connectivity index is 1.91. The van der Waals surface area contributed by atoms with E-state index in [0.717, 1.165) is 5.56 Å². The van der Waals surface area contributed by atoms with Crippen molar-refractivity contribution in [2.45, 2.75) is 26.8 Å². The van der Waals surface area contributed by atoms with Crippen LogP contribution >= 0.6 is 0 Å². The van der Waals surface area contributed by atoms with Crippen molar-refractivity contribution in [2.75, 3.05) is 25.7 Å². The Hall–Kier alpha value is -4.26. The lowest BCUT2D eigenvalue weighted by Crippen LogP contribution is -2.29. The van der Waals surface area contributed by atoms with Gasteiger partial charge >= 0.3 is 0 Å². The second-order valence-electron chi connectivity index (χ2n) is 9.32. The van der Waals surface area contributed by atoms with Crippen LogP contribution in [0.3, 0.4) is 0 Å². The first-order chi connectivity index (χ1) is 17.8. The molecule has 192 valence electrons. The number of methoxy groups -OCH3 is 2. The molecule has 1 fully saturated rings. The summed E-state index contributed by atoms with van der Waals surface area (Å²) in [5.74, 6) is -0.225. The molecule has 3 aromatic rings. The molecular formula is C30H31NO6. The van der Waals surface area contributed by atoms with Crippen molar-refractivity contribution in [1.29, 1.82) is 0 Å². The van der Waals surface area contributed by atoms with Gasteiger partial charge in [-0.25, -0.2) is 0 Å². The number of rotatable bonds is 8. The van der Waals surface area contributed by atoms with Crippen LogP contribution in [0.4, 0.5) is 5.69 Å². The van der Waals surface area contributed by atoms with Gasteiger partial charge in [-0.05, 0) is 54.8 Å². The van der Waals surface area contributed by atoms with Crippen LogP contribution < -0.4 is 19.1 Å². The molecule has 7 nitrogen and oxygen atoms in total. The van der Waals surface area contributed by atoms with E-state index in [1.807, 2.05) is 19.1 Å². The fraction of sp³-hybridized carbons (Fsp3) is 0.267. The maximum absolute atomic E-state index is 13.5. The highest BCUT2D eigenvalue weighted by atomic mass is 16.5. The number of aryl methyl sites for hydroxylation is 1. The van der Waals surface area contributed by atoms with E-state index in [-0.39, 0.29) is 16.9 Å². The molecule has 0 spiro atoms. The van der Waals surface area contributed by atoms with E-state index in [4.69, 9.17) is 14.2 Å². The van der Waals surface area contributed by atoms with Crippen LogP contribution in [0.5, 0.6) is 17.2 Å². The number of ether oxygens (including phenoxy) is 3. The normalized spacial score (nSPS) is 16.8. The summed E-state index contributed by atoms with van der Waals surface area (Å²) in [6.45, 7) is 6.64. The number of aliphatic hydroxyl groups is 1. The van der Waals surface area contributed by atoms with E-state index < -0.39 is 17.7 Å². The summed E-state index contributed by atoms with van der Waals surface area (Å²) >= 11 is 0. The van der Waals surface area contributed by atoms with E-state index in [2.05, 4.69) is 13.8 Å². The number of anilines is 1. The third kappa shape index (κ3) is 5.03. The lowest BCUT2D eigenvalue weighted by Gasteiger charge is -2.26. The Bertz CT molecular complexity index is 1300. The van der Waals surface area contributed by atoms with Gasteiger partial charge in [0.15, 0.2) is 0 Å². The van der Waals surface area contributed by atoms with E-state index in [0.29, 0.717) is 41.0 Å². The first kappa shape index (κ1) is 25.8. The maximum Gasteiger partial charge on any atom is 0.300 e. The quantitative estimate of drug-likeness (QED) is 0.243. The van der Waals surface area contributed by atoms with Gasteiger partial charge < -0.3 is 19.3 Å². The molecule has 1 saturated heterocycles. The van der Waals surface area contributed by atoms with Crippen molar-refractivity contribution in [3.05, 3.63) is 89.0 Å². The summed E-state index contributed by atoms with van der Waals surface area (Å²) in [5, 5.41) is 11.6. The minimum absolute atomic E-state index is 0.0516. The number of nitrogens with zero attached hydrogens (tertiary/aromatic N) is 1. The molecule has 0 aliphatic carbocycles. The minimum Gasteiger partial charge on any atom is -0.506 e. The van der Waals surface area contributed by atoms with Crippen molar-refractivity contribution in [3.63, 3.8) is 0 Å². The van der Waals surface area contributed by atoms with E-state index in [9.17, 15) is 14.7 Å². The predicted octanol–water partition coefficient (Wildman–Crippen LogP) is 5.67. The van der Waals surface area contributed by atoms with Gasteiger partial charge in [0.2, 0.25) is 0 Å². The number of Topliss-reactive ketones (excluding diaryl/α,β-unsaturated/α-hetero) is 1. The Kier molecular flexibility index (Phi) is 7.53. The average Bonchev–Trinajstić information content (AvgIpc) is 3.17. The van der Waals surface area contributed by atoms with Gasteiger partial charge in [0.05, 0.1) is 32.4 Å². The highest BCUT2D eigenvalue weighted by molar-refractivity contribution is 6.51. The van der Waals surface area contributed by atoms with Crippen LogP contribution in [0.15, 0.2) is 72.3 Å². The summed E-state index contributed by atoms with van der Waals surface area (Å²) < 4.78 is 16.7. The Morgan fingerprint density at radius 3 is 2.05 bits per heavy atom. The number of carbonyl (C=O) groups is 2. The Morgan fingerprint density at radius 2 is 1.51 bits per heavy atom. The summed E-state index contributed by atoms with van der Waals surface area (Å²) in [6.07, 6.45) is 0. The third-order valence-corrected chi connectivity index (χ3v) is 6.20. The fourth-order valence-electron chi connectivity index (χ4n) is 4.35. The number of amides is 1. The van der Waals surface area contributed by atoms with Gasteiger partial charge in [0, 0.05) is 5.69 Å². The van der Waals surface area contributed by atoms with Crippen molar-refractivity contribution in [2.24, 2.45) is 5.92 Å². The number of hydrogen-bond donors (Lipinski definition) is 1. The van der Waals surface area contributed by atoms with Crippen molar-refractivity contribution < 1.29 is 28.9 Å². The van der Waals surface area contributed by atoms with E-state index in [1.54, 1.807) is 54.6 Å². The molecule has 0 bridgehead atoms. The molecular weight excluding hydrogens is 470 g/mol. The maximum atomic E-state index is 13.5. The number of hydrogen-bond acceptors (Lipinski definition) is 6. The zero-order valence-electron chi connectivity index (χ0n) is 21.6. The first-order valence-electron chi connectivity index (χ1n) is 12.1. The van der Waals surface area contributed by atoms with Crippen LogP contribution in [-0.2, 0) is 9.59 Å². The minimum atomic E-state index is -0.878. The van der Waals surface area contributed by atoms with E-state index >= 15 is 0 Å². The molecule has 1 aliphatic heterocycles. The number of benzene rings is 3. The molecule has 0 saturated carbocycles. The standard InChI is InChI=1S/C30H31NO6/c1-18(2)17-37-22-15-11-20(12-16-22)27-26(28(32)25-23(35-4)7-6-8-24(25)36-5)29(33)30(34)31(27)21-13-9-19(3)10-14-21/h6-16,18,27,32H,17H2,1-5H3/b28-26+. The third-order valence-electron chi connectivity index (χ3n) is 6.20. The Labute approximate surface area is 216 Å². The summed E-state index contributed by atoms with van der Waals surface area (Å²) in [6, 6.07) is 18.7. The number of carbonyl (C=O) groups excluding carboxylic acids is 2. The van der Waals surface area contributed by atoms with Crippen LogP contribution in [0, 0.1) is 12.8 Å². The molecule has 1 unspecified atom stereocenters. The van der Waals surface area contributed by atoms with Crippen LogP contribution in [0.2, 0.25) is 0 Å². The summed E-state index contributed by atoms with van der Waals surface area (Å²) in [4.78, 5) is 28.3. The lowest BCUT2D eigenvalue weighted by atomic mass is 9.94. The first-order valence-corrected chi connectivity index (χ1v) is 12.1. The van der Waals surface area contributed by atoms with Crippen LogP contribution in [-0.4, -0.2) is 37.6 Å². The molecule has 1 heterocycles. The van der Waals surface area contributed by atoms with Crippen LogP contribution in [0.25, 0.3) is 5.76 Å². The van der Waals surface area contributed by atoms with Gasteiger partial charge in [-0.15, -0.1) is 0 Å². The molecule has 1 aliphatic rings.